The number of hydrogen-bond donors (Lipinski definition) is 1. The van der Waals surface area contributed by atoms with Crippen molar-refractivity contribution in [2.45, 2.75) is 33.7 Å². The van der Waals surface area contributed by atoms with Crippen LogP contribution in [0.25, 0.3) is 0 Å². The van der Waals surface area contributed by atoms with Crippen LogP contribution >= 0.6 is 0 Å². The van der Waals surface area contributed by atoms with E-state index >= 15 is 0 Å². The maximum atomic E-state index is 14.3. The maximum Gasteiger partial charge on any atom is 0.170 e. The number of nitrogens with zero attached hydrogens (tertiary/aromatic N) is 2. The quantitative estimate of drug-likeness (QED) is 0.810. The zero-order chi connectivity index (χ0) is 13.5. The van der Waals surface area contributed by atoms with E-state index < -0.39 is 0 Å². The van der Waals surface area contributed by atoms with Crippen LogP contribution in [0.15, 0.2) is 12.3 Å². The molecule has 0 radical (unpaired) electrons. The van der Waals surface area contributed by atoms with Crippen molar-refractivity contribution >= 4 is 5.82 Å². The summed E-state index contributed by atoms with van der Waals surface area (Å²) in [6.07, 6.45) is 2.78. The second-order valence-electron chi connectivity index (χ2n) is 4.69. The summed E-state index contributed by atoms with van der Waals surface area (Å²) in [6, 6.07) is 1.73. The second-order valence-corrected chi connectivity index (χ2v) is 4.69. The molecule has 3 nitrogen and oxygen atoms in total. The average Bonchev–Trinajstić information content (AvgIpc) is 2.38. The van der Waals surface area contributed by atoms with Crippen LogP contribution in [0.3, 0.4) is 0 Å². The molecule has 0 aliphatic heterocycles. The zero-order valence-electron chi connectivity index (χ0n) is 11.8. The Hall–Kier alpha value is -1.16. The highest BCUT2D eigenvalue weighted by molar-refractivity contribution is 5.43. The van der Waals surface area contributed by atoms with Crippen molar-refractivity contribution in [2.24, 2.45) is 5.92 Å². The van der Waals surface area contributed by atoms with Crippen LogP contribution in [0.5, 0.6) is 0 Å². The molecular weight excluding hydrogens is 229 g/mol. The van der Waals surface area contributed by atoms with Gasteiger partial charge in [-0.05, 0) is 26.0 Å². The van der Waals surface area contributed by atoms with Gasteiger partial charge in [-0.25, -0.2) is 9.37 Å². The van der Waals surface area contributed by atoms with Crippen LogP contribution in [0.4, 0.5) is 10.2 Å². The summed E-state index contributed by atoms with van der Waals surface area (Å²) in [5.74, 6) is 0.821. The first-order chi connectivity index (χ1) is 8.63. The number of pyridine rings is 1. The third-order valence-corrected chi connectivity index (χ3v) is 3.23. The number of nitrogens with one attached hydrogen (secondary N) is 1. The number of hydrogen-bond acceptors (Lipinski definition) is 3. The highest BCUT2D eigenvalue weighted by Gasteiger charge is 2.16. The first-order valence-electron chi connectivity index (χ1n) is 6.66. The van der Waals surface area contributed by atoms with E-state index in [1.807, 2.05) is 18.9 Å². The van der Waals surface area contributed by atoms with Gasteiger partial charge >= 0.3 is 0 Å². The largest absolute Gasteiger partial charge is 0.354 e. The van der Waals surface area contributed by atoms with Gasteiger partial charge in [0.2, 0.25) is 0 Å². The smallest absolute Gasteiger partial charge is 0.170 e. The van der Waals surface area contributed by atoms with Crippen LogP contribution in [-0.2, 0) is 6.54 Å². The minimum Gasteiger partial charge on any atom is -0.354 e. The molecule has 0 spiro atoms. The standard InChI is InChI=1S/C14H24FN3/c1-5-11(3)10-18(6-2)14-13(15)12(9-16-4)7-8-17-14/h7-8,11,16H,5-6,9-10H2,1-4H3. The molecule has 1 heterocycles. The van der Waals surface area contributed by atoms with Gasteiger partial charge in [-0.1, -0.05) is 20.3 Å². The zero-order valence-corrected chi connectivity index (χ0v) is 11.8. The van der Waals surface area contributed by atoms with Gasteiger partial charge in [-0.15, -0.1) is 0 Å². The Morgan fingerprint density at radius 1 is 1.44 bits per heavy atom. The molecule has 0 amide bonds. The van der Waals surface area contributed by atoms with Crippen LogP contribution in [0.2, 0.25) is 0 Å². The van der Waals surface area contributed by atoms with Gasteiger partial charge in [-0.2, -0.15) is 0 Å². The molecule has 102 valence electrons. The van der Waals surface area contributed by atoms with Gasteiger partial charge in [-0.3, -0.25) is 0 Å². The van der Waals surface area contributed by atoms with Crippen LogP contribution in [-0.4, -0.2) is 25.1 Å². The Morgan fingerprint density at radius 2 is 2.17 bits per heavy atom. The molecule has 1 aromatic rings. The molecule has 1 aromatic heterocycles. The molecule has 1 N–H and O–H groups in total. The fourth-order valence-electron chi connectivity index (χ4n) is 1.89. The Morgan fingerprint density at radius 3 is 2.72 bits per heavy atom. The van der Waals surface area contributed by atoms with Crippen molar-refractivity contribution in [2.75, 3.05) is 25.0 Å². The molecular formula is C14H24FN3. The van der Waals surface area contributed by atoms with Crippen LogP contribution in [0.1, 0.15) is 32.8 Å². The molecule has 0 aliphatic rings. The highest BCUT2D eigenvalue weighted by atomic mass is 19.1. The summed E-state index contributed by atoms with van der Waals surface area (Å²) in [6.45, 7) is 8.52. The Kier molecular flexibility index (Phi) is 6.05. The summed E-state index contributed by atoms with van der Waals surface area (Å²) >= 11 is 0. The molecule has 0 aromatic carbocycles. The van der Waals surface area contributed by atoms with Crippen LogP contribution in [0, 0.1) is 11.7 Å². The van der Waals surface area contributed by atoms with Crippen molar-refractivity contribution in [1.29, 1.82) is 0 Å². The van der Waals surface area contributed by atoms with Crippen molar-refractivity contribution in [3.05, 3.63) is 23.6 Å². The summed E-state index contributed by atoms with van der Waals surface area (Å²) in [4.78, 5) is 6.22. The molecule has 0 saturated heterocycles. The average molecular weight is 253 g/mol. The van der Waals surface area contributed by atoms with E-state index in [0.717, 1.165) is 19.5 Å². The molecule has 0 aliphatic carbocycles. The lowest BCUT2D eigenvalue weighted by atomic mass is 10.1. The van der Waals surface area contributed by atoms with E-state index in [4.69, 9.17) is 0 Å². The van der Waals surface area contributed by atoms with Crippen molar-refractivity contribution in [1.82, 2.24) is 10.3 Å². The molecule has 1 atom stereocenters. The first kappa shape index (κ1) is 14.9. The molecule has 18 heavy (non-hydrogen) atoms. The number of anilines is 1. The van der Waals surface area contributed by atoms with E-state index in [-0.39, 0.29) is 5.82 Å². The normalized spacial score (nSPS) is 12.5. The third kappa shape index (κ3) is 3.67. The fraction of sp³-hybridized carbons (Fsp3) is 0.643. The van der Waals surface area contributed by atoms with Gasteiger partial charge in [0.15, 0.2) is 11.6 Å². The van der Waals surface area contributed by atoms with Gasteiger partial charge < -0.3 is 10.2 Å². The van der Waals surface area contributed by atoms with Crippen LogP contribution < -0.4 is 10.2 Å². The molecule has 0 fully saturated rings. The topological polar surface area (TPSA) is 28.2 Å². The molecule has 0 saturated carbocycles. The lowest BCUT2D eigenvalue weighted by molar-refractivity contribution is 0.529. The van der Waals surface area contributed by atoms with E-state index in [9.17, 15) is 4.39 Å². The predicted molar refractivity (Wildman–Crippen MR) is 74.3 cm³/mol. The number of halogens is 1. The van der Waals surface area contributed by atoms with Gasteiger partial charge in [0.05, 0.1) is 0 Å². The number of rotatable bonds is 7. The summed E-state index contributed by atoms with van der Waals surface area (Å²) in [5.41, 5.74) is 0.671. The minimum absolute atomic E-state index is 0.197. The van der Waals surface area contributed by atoms with E-state index in [1.54, 1.807) is 12.3 Å². The lowest BCUT2D eigenvalue weighted by Gasteiger charge is -2.26. The summed E-state index contributed by atoms with van der Waals surface area (Å²) in [7, 11) is 1.82. The van der Waals surface area contributed by atoms with Gasteiger partial charge in [0.1, 0.15) is 0 Å². The summed E-state index contributed by atoms with van der Waals surface area (Å²) < 4.78 is 14.3. The predicted octanol–water partition coefficient (Wildman–Crippen LogP) is 2.81. The number of aromatic nitrogens is 1. The molecule has 1 unspecified atom stereocenters. The Bertz CT molecular complexity index is 368. The van der Waals surface area contributed by atoms with E-state index in [1.165, 1.54) is 0 Å². The molecule has 4 heteroatoms. The highest BCUT2D eigenvalue weighted by Crippen LogP contribution is 2.20. The van der Waals surface area contributed by atoms with Crippen molar-refractivity contribution in [3.63, 3.8) is 0 Å². The Balaban J connectivity index is 2.94. The maximum absolute atomic E-state index is 14.3. The Labute approximate surface area is 109 Å². The molecule has 0 bridgehead atoms. The van der Waals surface area contributed by atoms with Gasteiger partial charge in [0, 0.05) is 31.4 Å². The SMILES string of the molecule is CCC(C)CN(CC)c1nccc(CNC)c1F. The molecule has 1 rings (SSSR count). The second kappa shape index (κ2) is 7.31. The lowest BCUT2D eigenvalue weighted by Crippen LogP contribution is -2.30. The van der Waals surface area contributed by atoms with Crippen molar-refractivity contribution in [3.8, 4) is 0 Å². The monoisotopic (exact) mass is 253 g/mol. The van der Waals surface area contributed by atoms with Crippen molar-refractivity contribution < 1.29 is 4.39 Å². The third-order valence-electron chi connectivity index (χ3n) is 3.23. The van der Waals surface area contributed by atoms with E-state index in [2.05, 4.69) is 24.1 Å². The summed E-state index contributed by atoms with van der Waals surface area (Å²) in [5, 5.41) is 2.97. The minimum atomic E-state index is -0.197. The van der Waals surface area contributed by atoms with E-state index in [0.29, 0.717) is 23.8 Å². The first-order valence-corrected chi connectivity index (χ1v) is 6.66. The van der Waals surface area contributed by atoms with Gasteiger partial charge in [0.25, 0.3) is 0 Å². The fourth-order valence-corrected chi connectivity index (χ4v) is 1.89.